The molecule has 2 N–H and O–H groups in total. The summed E-state index contributed by atoms with van der Waals surface area (Å²) in [6.07, 6.45) is 1.34. The second-order valence-corrected chi connectivity index (χ2v) is 9.61. The van der Waals surface area contributed by atoms with Crippen LogP contribution < -0.4 is 10.6 Å². The maximum atomic E-state index is 12.5. The summed E-state index contributed by atoms with van der Waals surface area (Å²) >= 11 is 6.21. The third kappa shape index (κ3) is 5.71. The van der Waals surface area contributed by atoms with E-state index in [4.69, 9.17) is 11.6 Å². The number of hydrogen-bond donors (Lipinski definition) is 2. The molecule has 11 heteroatoms. The van der Waals surface area contributed by atoms with Crippen molar-refractivity contribution in [3.63, 3.8) is 0 Å². The van der Waals surface area contributed by atoms with Gasteiger partial charge in [0.2, 0.25) is 17.7 Å². The maximum Gasteiger partial charge on any atom is 0.255 e. The highest BCUT2D eigenvalue weighted by Crippen LogP contribution is 2.26. The molecule has 2 aromatic carbocycles. The van der Waals surface area contributed by atoms with E-state index in [9.17, 15) is 27.6 Å². The molecule has 1 fully saturated rings. The van der Waals surface area contributed by atoms with E-state index < -0.39 is 21.7 Å². The van der Waals surface area contributed by atoms with Gasteiger partial charge < -0.3 is 10.6 Å². The van der Waals surface area contributed by atoms with Crippen LogP contribution >= 0.6 is 11.6 Å². The van der Waals surface area contributed by atoms with Crippen molar-refractivity contribution in [2.75, 3.05) is 23.4 Å². The van der Waals surface area contributed by atoms with Gasteiger partial charge in [0.05, 0.1) is 15.6 Å². The first-order valence-electron chi connectivity index (χ1n) is 9.58. The molecule has 0 spiro atoms. The van der Waals surface area contributed by atoms with E-state index in [0.29, 0.717) is 5.69 Å². The lowest BCUT2D eigenvalue weighted by Gasteiger charge is -2.14. The number of likely N-dealkylation sites (tertiary alicyclic amines) is 1. The minimum absolute atomic E-state index is 0.0118. The van der Waals surface area contributed by atoms with Gasteiger partial charge in [-0.3, -0.25) is 24.1 Å². The Morgan fingerprint density at radius 2 is 1.72 bits per heavy atom. The zero-order chi connectivity index (χ0) is 23.5. The van der Waals surface area contributed by atoms with Gasteiger partial charge in [-0.15, -0.1) is 0 Å². The Morgan fingerprint density at radius 1 is 1.03 bits per heavy atom. The average molecular weight is 478 g/mol. The van der Waals surface area contributed by atoms with Crippen LogP contribution in [0.25, 0.3) is 0 Å². The van der Waals surface area contributed by atoms with Gasteiger partial charge in [-0.25, -0.2) is 8.42 Å². The van der Waals surface area contributed by atoms with E-state index in [1.165, 1.54) is 42.5 Å². The molecule has 0 saturated carbocycles. The van der Waals surface area contributed by atoms with Gasteiger partial charge in [0, 0.05) is 43.3 Å². The number of benzene rings is 2. The van der Waals surface area contributed by atoms with Crippen LogP contribution in [0.4, 0.5) is 11.4 Å². The number of nitrogens with zero attached hydrogens (tertiary/aromatic N) is 1. The second-order valence-electron chi connectivity index (χ2n) is 7.19. The summed E-state index contributed by atoms with van der Waals surface area (Å²) in [5.74, 6) is -1.52. The van der Waals surface area contributed by atoms with Gasteiger partial charge in [-0.1, -0.05) is 17.7 Å². The number of rotatable bonds is 7. The summed E-state index contributed by atoms with van der Waals surface area (Å²) < 4.78 is 23.4. The van der Waals surface area contributed by atoms with Crippen LogP contribution in [0.2, 0.25) is 5.02 Å². The molecule has 0 atom stereocenters. The van der Waals surface area contributed by atoms with Gasteiger partial charge in [0.1, 0.15) is 0 Å². The summed E-state index contributed by atoms with van der Waals surface area (Å²) in [6, 6.07) is 10.1. The van der Waals surface area contributed by atoms with Crippen LogP contribution in [0.1, 0.15) is 29.6 Å². The molecule has 9 nitrogen and oxygen atoms in total. The van der Waals surface area contributed by atoms with Crippen LogP contribution in [0.15, 0.2) is 47.4 Å². The zero-order valence-electron chi connectivity index (χ0n) is 17.1. The quantitative estimate of drug-likeness (QED) is 0.589. The Labute approximate surface area is 189 Å². The number of amides is 4. The largest absolute Gasteiger partial charge is 0.326 e. The minimum Gasteiger partial charge on any atom is -0.326 e. The van der Waals surface area contributed by atoms with Crippen molar-refractivity contribution in [1.82, 2.24) is 4.90 Å². The van der Waals surface area contributed by atoms with E-state index in [2.05, 4.69) is 10.6 Å². The smallest absolute Gasteiger partial charge is 0.255 e. The molecule has 0 aliphatic carbocycles. The van der Waals surface area contributed by atoms with Crippen LogP contribution in [0, 0.1) is 0 Å². The number of nitrogens with one attached hydrogen (secondary N) is 2. The number of carbonyl (C=O) groups is 4. The lowest BCUT2D eigenvalue weighted by atomic mass is 10.2. The third-order valence-corrected chi connectivity index (χ3v) is 6.17. The standard InChI is InChI=1S/C21H20ClN3O6S/c1-32(30,31)15-4-2-3-13(11-15)21(29)24-17-6-5-14(12-16(17)22)23-18(26)9-10-25-19(27)7-8-20(25)28/h2-6,11-12H,7-10H2,1H3,(H,23,26)(H,24,29). The predicted molar refractivity (Wildman–Crippen MR) is 118 cm³/mol. The number of sulfone groups is 1. The van der Waals surface area contributed by atoms with Crippen molar-refractivity contribution in [2.45, 2.75) is 24.2 Å². The van der Waals surface area contributed by atoms with Crippen molar-refractivity contribution < 1.29 is 27.6 Å². The fraction of sp³-hybridized carbons (Fsp3) is 0.238. The number of halogens is 1. The van der Waals surface area contributed by atoms with Gasteiger partial charge in [0.25, 0.3) is 5.91 Å². The van der Waals surface area contributed by atoms with E-state index in [1.54, 1.807) is 0 Å². The maximum absolute atomic E-state index is 12.5. The van der Waals surface area contributed by atoms with E-state index >= 15 is 0 Å². The van der Waals surface area contributed by atoms with E-state index in [-0.39, 0.29) is 58.8 Å². The highest BCUT2D eigenvalue weighted by Gasteiger charge is 2.28. The van der Waals surface area contributed by atoms with Crippen molar-refractivity contribution in [3.8, 4) is 0 Å². The molecule has 1 aliphatic heterocycles. The molecule has 32 heavy (non-hydrogen) atoms. The van der Waals surface area contributed by atoms with Crippen LogP contribution in [0.3, 0.4) is 0 Å². The number of anilines is 2. The predicted octanol–water partition coefficient (Wildman–Crippen LogP) is 2.47. The Bertz CT molecular complexity index is 1200. The van der Waals surface area contributed by atoms with Gasteiger partial charge in [-0.05, 0) is 36.4 Å². The van der Waals surface area contributed by atoms with Crippen molar-refractivity contribution in [3.05, 3.63) is 53.1 Å². The summed E-state index contributed by atoms with van der Waals surface area (Å²) in [5, 5.41) is 5.37. The van der Waals surface area contributed by atoms with Crippen molar-refractivity contribution in [2.24, 2.45) is 0 Å². The summed E-state index contributed by atoms with van der Waals surface area (Å²) in [6.45, 7) is 0.0118. The lowest BCUT2D eigenvalue weighted by Crippen LogP contribution is -2.32. The average Bonchev–Trinajstić information content (AvgIpc) is 3.05. The molecule has 1 heterocycles. The molecule has 1 aliphatic rings. The fourth-order valence-electron chi connectivity index (χ4n) is 3.07. The van der Waals surface area contributed by atoms with Crippen LogP contribution in [0.5, 0.6) is 0 Å². The summed E-state index contributed by atoms with van der Waals surface area (Å²) in [7, 11) is -3.46. The number of carbonyl (C=O) groups excluding carboxylic acids is 4. The van der Waals surface area contributed by atoms with Crippen LogP contribution in [-0.2, 0) is 24.2 Å². The third-order valence-electron chi connectivity index (χ3n) is 4.74. The van der Waals surface area contributed by atoms with Gasteiger partial charge >= 0.3 is 0 Å². The SMILES string of the molecule is CS(=O)(=O)c1cccc(C(=O)Nc2ccc(NC(=O)CCN3C(=O)CCC3=O)cc2Cl)c1. The zero-order valence-corrected chi connectivity index (χ0v) is 18.6. The van der Waals surface area contributed by atoms with Gasteiger partial charge in [0.15, 0.2) is 9.84 Å². The second kappa shape index (κ2) is 9.49. The topological polar surface area (TPSA) is 130 Å². The Hall–Kier alpha value is -3.24. The number of imide groups is 1. The Balaban J connectivity index is 1.61. The summed E-state index contributed by atoms with van der Waals surface area (Å²) in [4.78, 5) is 48.9. The first kappa shape index (κ1) is 23.4. The fourth-order valence-corrected chi connectivity index (χ4v) is 3.96. The molecule has 0 bridgehead atoms. The molecule has 1 saturated heterocycles. The molecular formula is C21H20ClN3O6S. The monoisotopic (exact) mass is 477 g/mol. The molecule has 3 rings (SSSR count). The molecular weight excluding hydrogens is 458 g/mol. The first-order chi connectivity index (χ1) is 15.0. The highest BCUT2D eigenvalue weighted by atomic mass is 35.5. The summed E-state index contributed by atoms with van der Waals surface area (Å²) in [5.41, 5.74) is 0.788. The highest BCUT2D eigenvalue weighted by molar-refractivity contribution is 7.90. The Morgan fingerprint density at radius 3 is 2.34 bits per heavy atom. The van der Waals surface area contributed by atoms with Gasteiger partial charge in [-0.2, -0.15) is 0 Å². The Kier molecular flexibility index (Phi) is 6.95. The number of hydrogen-bond acceptors (Lipinski definition) is 6. The minimum atomic E-state index is -3.46. The van der Waals surface area contributed by atoms with Crippen molar-refractivity contribution >= 4 is 56.4 Å². The molecule has 0 unspecified atom stereocenters. The normalized spacial score (nSPS) is 13.9. The van der Waals surface area contributed by atoms with E-state index in [0.717, 1.165) is 11.2 Å². The molecule has 168 valence electrons. The lowest BCUT2D eigenvalue weighted by molar-refractivity contribution is -0.138. The van der Waals surface area contributed by atoms with Crippen LogP contribution in [-0.4, -0.2) is 49.7 Å². The molecule has 0 radical (unpaired) electrons. The van der Waals surface area contributed by atoms with E-state index in [1.807, 2.05) is 0 Å². The first-order valence-corrected chi connectivity index (χ1v) is 11.9. The molecule has 0 aromatic heterocycles. The molecule has 4 amide bonds. The molecule has 2 aromatic rings. The van der Waals surface area contributed by atoms with Crippen molar-refractivity contribution in [1.29, 1.82) is 0 Å².